The monoisotopic (exact) mass is 458 g/mol. The van der Waals surface area contributed by atoms with Crippen LogP contribution in [0.2, 0.25) is 0 Å². The zero-order valence-corrected chi connectivity index (χ0v) is 17.4. The lowest BCUT2D eigenvalue weighted by Crippen LogP contribution is -2.41. The number of halogens is 1. The Balaban J connectivity index is 0.00000312. The fraction of sp³-hybridized carbons (Fsp3) is 0.579. The van der Waals surface area contributed by atoms with E-state index in [-0.39, 0.29) is 29.9 Å². The van der Waals surface area contributed by atoms with Gasteiger partial charge in [-0.25, -0.2) is 0 Å². The number of nitrogens with zero attached hydrogens (tertiary/aromatic N) is 1. The molecule has 140 valence electrons. The van der Waals surface area contributed by atoms with Crippen molar-refractivity contribution < 1.29 is 4.79 Å². The van der Waals surface area contributed by atoms with Gasteiger partial charge in [-0.2, -0.15) is 0 Å². The molecule has 0 radical (unpaired) electrons. The Bertz CT molecular complexity index is 515. The summed E-state index contributed by atoms with van der Waals surface area (Å²) in [5.41, 5.74) is 1.21. The molecule has 1 aliphatic rings. The molecule has 0 heterocycles. The first-order chi connectivity index (χ1) is 11.8. The third-order valence-electron chi connectivity index (χ3n) is 4.46. The predicted octanol–water partition coefficient (Wildman–Crippen LogP) is 3.06. The predicted molar refractivity (Wildman–Crippen MR) is 114 cm³/mol. The molecule has 0 aromatic heterocycles. The molecule has 0 spiro atoms. The molecule has 0 atom stereocenters. The third-order valence-corrected chi connectivity index (χ3v) is 4.46. The Labute approximate surface area is 168 Å². The van der Waals surface area contributed by atoms with Crippen LogP contribution in [0.4, 0.5) is 0 Å². The number of carbonyl (C=O) groups is 1. The standard InChI is InChI=1S/C19H30N4O.HI/c1-20-19(23-15-17-10-6-3-7-11-17)22-13-12-21-18(24)14-16-8-4-2-5-9-16;/h3,6-7,10-11,16H,2,4-5,8-9,12-15H2,1H3,(H,21,24)(H2,20,22,23);1H. The van der Waals surface area contributed by atoms with E-state index in [2.05, 4.69) is 33.1 Å². The molecule has 1 fully saturated rings. The van der Waals surface area contributed by atoms with Crippen LogP contribution in [0, 0.1) is 5.92 Å². The zero-order valence-electron chi connectivity index (χ0n) is 15.1. The van der Waals surface area contributed by atoms with E-state index in [0.717, 1.165) is 12.5 Å². The van der Waals surface area contributed by atoms with E-state index >= 15 is 0 Å². The smallest absolute Gasteiger partial charge is 0.220 e. The van der Waals surface area contributed by atoms with E-state index in [1.807, 2.05) is 18.2 Å². The first kappa shape index (κ1) is 21.7. The summed E-state index contributed by atoms with van der Waals surface area (Å²) in [6.45, 7) is 2.02. The summed E-state index contributed by atoms with van der Waals surface area (Å²) in [4.78, 5) is 16.1. The lowest BCUT2D eigenvalue weighted by atomic mass is 9.87. The number of hydrogen-bond acceptors (Lipinski definition) is 2. The number of benzene rings is 1. The van der Waals surface area contributed by atoms with Crippen LogP contribution in [-0.2, 0) is 11.3 Å². The van der Waals surface area contributed by atoms with Crippen LogP contribution in [0.3, 0.4) is 0 Å². The van der Waals surface area contributed by atoms with E-state index in [9.17, 15) is 4.79 Å². The number of amides is 1. The Kier molecular flexibility index (Phi) is 11.3. The second-order valence-electron chi connectivity index (χ2n) is 6.40. The molecule has 1 amide bonds. The van der Waals surface area contributed by atoms with Gasteiger partial charge in [0.2, 0.25) is 5.91 Å². The largest absolute Gasteiger partial charge is 0.355 e. The van der Waals surface area contributed by atoms with Gasteiger partial charge in [-0.15, -0.1) is 24.0 Å². The summed E-state index contributed by atoms with van der Waals surface area (Å²) in [5, 5.41) is 9.49. The highest BCUT2D eigenvalue weighted by molar-refractivity contribution is 14.0. The van der Waals surface area contributed by atoms with Gasteiger partial charge in [0.1, 0.15) is 0 Å². The van der Waals surface area contributed by atoms with Crippen molar-refractivity contribution in [3.8, 4) is 0 Å². The third kappa shape index (κ3) is 9.09. The number of carbonyl (C=O) groups excluding carboxylic acids is 1. The Morgan fingerprint density at radius 1 is 1.04 bits per heavy atom. The number of guanidine groups is 1. The van der Waals surface area contributed by atoms with Crippen molar-refractivity contribution in [1.29, 1.82) is 0 Å². The molecule has 1 aromatic rings. The minimum atomic E-state index is 0. The van der Waals surface area contributed by atoms with Crippen LogP contribution in [0.5, 0.6) is 0 Å². The summed E-state index contributed by atoms with van der Waals surface area (Å²) in [6, 6.07) is 10.2. The molecule has 0 bridgehead atoms. The zero-order chi connectivity index (χ0) is 17.0. The van der Waals surface area contributed by atoms with E-state index in [1.54, 1.807) is 7.05 Å². The maximum absolute atomic E-state index is 12.0. The Morgan fingerprint density at radius 3 is 2.40 bits per heavy atom. The molecular formula is C19H31IN4O. The Morgan fingerprint density at radius 2 is 1.72 bits per heavy atom. The maximum atomic E-state index is 12.0. The van der Waals surface area contributed by atoms with Gasteiger partial charge < -0.3 is 16.0 Å². The van der Waals surface area contributed by atoms with E-state index in [4.69, 9.17) is 0 Å². The molecule has 1 saturated carbocycles. The molecule has 25 heavy (non-hydrogen) atoms. The first-order valence-corrected chi connectivity index (χ1v) is 9.03. The van der Waals surface area contributed by atoms with Gasteiger partial charge in [0.25, 0.3) is 0 Å². The van der Waals surface area contributed by atoms with Gasteiger partial charge in [0.15, 0.2) is 5.96 Å². The molecule has 5 nitrogen and oxygen atoms in total. The van der Waals surface area contributed by atoms with Crippen LogP contribution >= 0.6 is 24.0 Å². The van der Waals surface area contributed by atoms with E-state index in [0.29, 0.717) is 25.4 Å². The van der Waals surface area contributed by atoms with Crippen molar-refractivity contribution in [3.63, 3.8) is 0 Å². The first-order valence-electron chi connectivity index (χ1n) is 9.03. The molecule has 0 aliphatic heterocycles. The lowest BCUT2D eigenvalue weighted by molar-refractivity contribution is -0.122. The maximum Gasteiger partial charge on any atom is 0.220 e. The lowest BCUT2D eigenvalue weighted by Gasteiger charge is -2.20. The fourth-order valence-electron chi connectivity index (χ4n) is 3.11. The molecule has 6 heteroatoms. The average Bonchev–Trinajstić information content (AvgIpc) is 2.63. The second kappa shape index (κ2) is 13.0. The van der Waals surface area contributed by atoms with Crippen LogP contribution in [0.25, 0.3) is 0 Å². The fourth-order valence-corrected chi connectivity index (χ4v) is 3.11. The van der Waals surface area contributed by atoms with Gasteiger partial charge in [0, 0.05) is 33.1 Å². The van der Waals surface area contributed by atoms with Crippen molar-refractivity contribution in [2.45, 2.75) is 45.1 Å². The van der Waals surface area contributed by atoms with Crippen molar-refractivity contribution in [1.82, 2.24) is 16.0 Å². The normalized spacial score (nSPS) is 15.2. The minimum Gasteiger partial charge on any atom is -0.355 e. The number of aliphatic imine (C=N–C) groups is 1. The second-order valence-corrected chi connectivity index (χ2v) is 6.40. The molecule has 1 aromatic carbocycles. The van der Waals surface area contributed by atoms with E-state index < -0.39 is 0 Å². The summed E-state index contributed by atoms with van der Waals surface area (Å²) in [5.74, 6) is 1.52. The summed E-state index contributed by atoms with van der Waals surface area (Å²) >= 11 is 0. The highest BCUT2D eigenvalue weighted by Crippen LogP contribution is 2.25. The van der Waals surface area contributed by atoms with Gasteiger partial charge >= 0.3 is 0 Å². The van der Waals surface area contributed by atoms with Crippen LogP contribution < -0.4 is 16.0 Å². The van der Waals surface area contributed by atoms with Gasteiger partial charge in [0.05, 0.1) is 0 Å². The van der Waals surface area contributed by atoms with Gasteiger partial charge in [-0.3, -0.25) is 9.79 Å². The van der Waals surface area contributed by atoms with E-state index in [1.165, 1.54) is 37.7 Å². The van der Waals surface area contributed by atoms with Crippen LogP contribution in [0.15, 0.2) is 35.3 Å². The quantitative estimate of drug-likeness (QED) is 0.255. The minimum absolute atomic E-state index is 0. The van der Waals surface area contributed by atoms with Crippen LogP contribution in [0.1, 0.15) is 44.1 Å². The van der Waals surface area contributed by atoms with Crippen molar-refractivity contribution in [2.75, 3.05) is 20.1 Å². The van der Waals surface area contributed by atoms with Gasteiger partial charge in [-0.1, -0.05) is 49.6 Å². The number of rotatable bonds is 7. The summed E-state index contributed by atoms with van der Waals surface area (Å²) < 4.78 is 0. The van der Waals surface area contributed by atoms with Crippen molar-refractivity contribution in [2.24, 2.45) is 10.9 Å². The summed E-state index contributed by atoms with van der Waals surface area (Å²) in [6.07, 6.45) is 6.99. The average molecular weight is 458 g/mol. The van der Waals surface area contributed by atoms with Crippen molar-refractivity contribution >= 4 is 35.8 Å². The SMILES string of the molecule is CN=C(NCCNC(=O)CC1CCCCC1)NCc1ccccc1.I. The Hall–Kier alpha value is -1.31. The number of hydrogen-bond donors (Lipinski definition) is 3. The highest BCUT2D eigenvalue weighted by atomic mass is 127. The topological polar surface area (TPSA) is 65.5 Å². The van der Waals surface area contributed by atoms with Gasteiger partial charge in [-0.05, 0) is 24.3 Å². The molecule has 3 N–H and O–H groups in total. The van der Waals surface area contributed by atoms with Crippen LogP contribution in [-0.4, -0.2) is 32.0 Å². The molecule has 2 rings (SSSR count). The molecule has 1 aliphatic carbocycles. The molecular weight excluding hydrogens is 427 g/mol. The molecule has 0 saturated heterocycles. The number of nitrogens with one attached hydrogen (secondary N) is 3. The highest BCUT2D eigenvalue weighted by Gasteiger charge is 2.16. The van der Waals surface area contributed by atoms with Crippen molar-refractivity contribution in [3.05, 3.63) is 35.9 Å². The summed E-state index contributed by atoms with van der Waals surface area (Å²) in [7, 11) is 1.75. The molecule has 0 unspecified atom stereocenters.